The summed E-state index contributed by atoms with van der Waals surface area (Å²) in [4.78, 5) is 15.2. The molecule has 0 N–H and O–H groups in total. The summed E-state index contributed by atoms with van der Waals surface area (Å²) in [6.45, 7) is 8.12. The number of aromatic nitrogens is 3. The van der Waals surface area contributed by atoms with Crippen molar-refractivity contribution in [1.29, 1.82) is 0 Å². The summed E-state index contributed by atoms with van der Waals surface area (Å²) in [7, 11) is 0. The van der Waals surface area contributed by atoms with Gasteiger partial charge in [0.1, 0.15) is 12.6 Å². The summed E-state index contributed by atoms with van der Waals surface area (Å²) >= 11 is 0. The maximum atomic E-state index is 10.9. The van der Waals surface area contributed by atoms with Gasteiger partial charge in [0.15, 0.2) is 5.82 Å². The summed E-state index contributed by atoms with van der Waals surface area (Å²) in [5.74, 6) is 0.788. The molecule has 0 saturated carbocycles. The third-order valence-corrected chi connectivity index (χ3v) is 2.82. The molecule has 18 heavy (non-hydrogen) atoms. The molecule has 2 aromatic rings. The summed E-state index contributed by atoms with van der Waals surface area (Å²) in [5, 5.41) is 4.45. The molecule has 94 valence electrons. The highest BCUT2D eigenvalue weighted by molar-refractivity contribution is 5.78. The molecule has 1 aromatic heterocycles. The van der Waals surface area contributed by atoms with E-state index < -0.39 is 0 Å². The molecule has 0 saturated heterocycles. The second kappa shape index (κ2) is 4.37. The average molecular weight is 243 g/mol. The van der Waals surface area contributed by atoms with Crippen molar-refractivity contribution in [1.82, 2.24) is 14.8 Å². The first-order valence-corrected chi connectivity index (χ1v) is 5.90. The predicted octanol–water partition coefficient (Wildman–Crippen LogP) is 2.69. The Labute approximate surface area is 107 Å². The Morgan fingerprint density at radius 1 is 1.28 bits per heavy atom. The molecule has 1 aromatic carbocycles. The van der Waals surface area contributed by atoms with E-state index in [1.807, 2.05) is 25.1 Å². The standard InChI is InChI=1S/C14H17N3O/c1-10-5-6-12(7-11(10)8-18)17-9-15-13(16-17)14(2,3)4/h5-9H,1-4H3. The summed E-state index contributed by atoms with van der Waals surface area (Å²) in [6.07, 6.45) is 2.54. The third-order valence-electron chi connectivity index (χ3n) is 2.82. The van der Waals surface area contributed by atoms with Crippen LogP contribution in [0.2, 0.25) is 0 Å². The number of hydrogen-bond acceptors (Lipinski definition) is 3. The second-order valence-corrected chi connectivity index (χ2v) is 5.42. The molecule has 0 aliphatic carbocycles. The maximum Gasteiger partial charge on any atom is 0.156 e. The molecule has 0 unspecified atom stereocenters. The van der Waals surface area contributed by atoms with Gasteiger partial charge in [0, 0.05) is 11.0 Å². The number of benzene rings is 1. The number of rotatable bonds is 2. The smallest absolute Gasteiger partial charge is 0.156 e. The number of hydrogen-bond donors (Lipinski definition) is 0. The van der Waals surface area contributed by atoms with Crippen LogP contribution in [0.1, 0.15) is 42.5 Å². The molecule has 0 aliphatic rings. The highest BCUT2D eigenvalue weighted by Crippen LogP contribution is 2.19. The van der Waals surface area contributed by atoms with E-state index in [-0.39, 0.29) is 5.41 Å². The van der Waals surface area contributed by atoms with Crippen molar-refractivity contribution in [2.75, 3.05) is 0 Å². The van der Waals surface area contributed by atoms with E-state index in [4.69, 9.17) is 0 Å². The molecule has 0 aliphatic heterocycles. The van der Waals surface area contributed by atoms with Crippen molar-refractivity contribution in [3.05, 3.63) is 41.5 Å². The molecule has 0 fully saturated rings. The minimum absolute atomic E-state index is 0.0799. The topological polar surface area (TPSA) is 47.8 Å². The number of nitrogens with zero attached hydrogens (tertiary/aromatic N) is 3. The molecule has 0 bridgehead atoms. The van der Waals surface area contributed by atoms with Crippen LogP contribution in [-0.4, -0.2) is 21.1 Å². The zero-order chi connectivity index (χ0) is 13.3. The summed E-state index contributed by atoms with van der Waals surface area (Å²) in [5.41, 5.74) is 2.42. The molecule has 0 spiro atoms. The minimum atomic E-state index is -0.0799. The third kappa shape index (κ3) is 2.32. The van der Waals surface area contributed by atoms with Gasteiger partial charge in [0.05, 0.1) is 5.69 Å². The van der Waals surface area contributed by atoms with Gasteiger partial charge in [-0.25, -0.2) is 9.67 Å². The van der Waals surface area contributed by atoms with Gasteiger partial charge in [-0.1, -0.05) is 26.8 Å². The van der Waals surface area contributed by atoms with Crippen LogP contribution < -0.4 is 0 Å². The zero-order valence-corrected chi connectivity index (χ0v) is 11.1. The van der Waals surface area contributed by atoms with Crippen LogP contribution in [-0.2, 0) is 5.41 Å². The molecular weight excluding hydrogens is 226 g/mol. The van der Waals surface area contributed by atoms with Crippen molar-refractivity contribution in [2.45, 2.75) is 33.1 Å². The van der Waals surface area contributed by atoms with Crippen LogP contribution in [0, 0.1) is 6.92 Å². The fourth-order valence-electron chi connectivity index (χ4n) is 1.63. The number of carbonyl (C=O) groups excluding carboxylic acids is 1. The monoisotopic (exact) mass is 243 g/mol. The van der Waals surface area contributed by atoms with E-state index in [1.54, 1.807) is 11.0 Å². The van der Waals surface area contributed by atoms with Crippen molar-refractivity contribution >= 4 is 6.29 Å². The van der Waals surface area contributed by atoms with Crippen LogP contribution in [0.4, 0.5) is 0 Å². The van der Waals surface area contributed by atoms with Gasteiger partial charge in [-0.05, 0) is 24.6 Å². The molecule has 0 amide bonds. The van der Waals surface area contributed by atoms with Gasteiger partial charge in [-0.3, -0.25) is 4.79 Å². The van der Waals surface area contributed by atoms with Crippen molar-refractivity contribution in [2.24, 2.45) is 0 Å². The molecule has 1 heterocycles. The van der Waals surface area contributed by atoms with Gasteiger partial charge in [0.2, 0.25) is 0 Å². The Bertz CT molecular complexity index is 579. The van der Waals surface area contributed by atoms with E-state index in [0.29, 0.717) is 5.56 Å². The largest absolute Gasteiger partial charge is 0.298 e. The fourth-order valence-corrected chi connectivity index (χ4v) is 1.63. The molecule has 4 heteroatoms. The fraction of sp³-hybridized carbons (Fsp3) is 0.357. The Morgan fingerprint density at radius 2 is 2.00 bits per heavy atom. The van der Waals surface area contributed by atoms with Gasteiger partial charge < -0.3 is 0 Å². The maximum absolute atomic E-state index is 10.9. The highest BCUT2D eigenvalue weighted by atomic mass is 16.1. The lowest BCUT2D eigenvalue weighted by Crippen LogP contribution is -2.14. The minimum Gasteiger partial charge on any atom is -0.298 e. The summed E-state index contributed by atoms with van der Waals surface area (Å²) in [6, 6.07) is 5.67. The molecule has 4 nitrogen and oxygen atoms in total. The van der Waals surface area contributed by atoms with Crippen LogP contribution in [0.15, 0.2) is 24.5 Å². The normalized spacial score (nSPS) is 11.6. The number of aldehydes is 1. The van der Waals surface area contributed by atoms with Crippen LogP contribution >= 0.6 is 0 Å². The average Bonchev–Trinajstić information content (AvgIpc) is 2.78. The van der Waals surface area contributed by atoms with E-state index in [1.165, 1.54) is 0 Å². The number of aryl methyl sites for hydroxylation is 1. The van der Waals surface area contributed by atoms with Gasteiger partial charge in [0.25, 0.3) is 0 Å². The lowest BCUT2D eigenvalue weighted by molar-refractivity contribution is 0.112. The predicted molar refractivity (Wildman–Crippen MR) is 70.2 cm³/mol. The second-order valence-electron chi connectivity index (χ2n) is 5.42. The van der Waals surface area contributed by atoms with Crippen LogP contribution in [0.25, 0.3) is 5.69 Å². The Hall–Kier alpha value is -1.97. The lowest BCUT2D eigenvalue weighted by Gasteiger charge is -2.12. The van der Waals surface area contributed by atoms with Gasteiger partial charge in [-0.2, -0.15) is 5.10 Å². The van der Waals surface area contributed by atoms with Crippen molar-refractivity contribution in [3.63, 3.8) is 0 Å². The molecule has 2 rings (SSSR count). The molecule has 0 atom stereocenters. The van der Waals surface area contributed by atoms with E-state index in [9.17, 15) is 4.79 Å². The SMILES string of the molecule is Cc1ccc(-n2cnc(C(C)(C)C)n2)cc1C=O. The first kappa shape index (κ1) is 12.5. The van der Waals surface area contributed by atoms with Crippen LogP contribution in [0.5, 0.6) is 0 Å². The Kier molecular flexibility index (Phi) is 3.03. The lowest BCUT2D eigenvalue weighted by atomic mass is 9.96. The van der Waals surface area contributed by atoms with E-state index in [0.717, 1.165) is 23.4 Å². The van der Waals surface area contributed by atoms with Gasteiger partial charge in [-0.15, -0.1) is 0 Å². The number of carbonyl (C=O) groups is 1. The van der Waals surface area contributed by atoms with Crippen LogP contribution in [0.3, 0.4) is 0 Å². The van der Waals surface area contributed by atoms with Crippen molar-refractivity contribution < 1.29 is 4.79 Å². The van der Waals surface area contributed by atoms with E-state index >= 15 is 0 Å². The first-order chi connectivity index (χ1) is 8.41. The van der Waals surface area contributed by atoms with Gasteiger partial charge >= 0.3 is 0 Å². The molecule has 0 radical (unpaired) electrons. The van der Waals surface area contributed by atoms with E-state index in [2.05, 4.69) is 30.9 Å². The van der Waals surface area contributed by atoms with Crippen molar-refractivity contribution in [3.8, 4) is 5.69 Å². The molecular formula is C14H17N3O. The first-order valence-electron chi connectivity index (χ1n) is 5.90. The Balaban J connectivity index is 2.43. The Morgan fingerprint density at radius 3 is 2.56 bits per heavy atom. The highest BCUT2D eigenvalue weighted by Gasteiger charge is 2.19. The quantitative estimate of drug-likeness (QED) is 0.762. The summed E-state index contributed by atoms with van der Waals surface area (Å²) < 4.78 is 1.70. The zero-order valence-electron chi connectivity index (χ0n) is 11.1.